The summed E-state index contributed by atoms with van der Waals surface area (Å²) in [4.78, 5) is 4.84. The maximum absolute atomic E-state index is 12.1. The van der Waals surface area contributed by atoms with Crippen molar-refractivity contribution < 1.29 is 9.15 Å². The molecule has 6 nitrogen and oxygen atoms in total. The Kier molecular flexibility index (Phi) is 4.02. The molecule has 0 radical (unpaired) electrons. The lowest BCUT2D eigenvalue weighted by Gasteiger charge is -2.16. The SMILES string of the molecule is Cc1nnc(-c2nc3ccccc3c(-c3ccccc3)c2-c2ccc[n+]([O-])c2)o1. The first-order chi connectivity index (χ1) is 14.2. The lowest BCUT2D eigenvalue weighted by Crippen LogP contribution is -2.24. The van der Waals surface area contributed by atoms with Crippen LogP contribution < -0.4 is 4.73 Å². The number of aryl methyl sites for hydroxylation is 1. The summed E-state index contributed by atoms with van der Waals surface area (Å²) in [7, 11) is 0. The van der Waals surface area contributed by atoms with Crippen LogP contribution in [0, 0.1) is 12.1 Å². The van der Waals surface area contributed by atoms with Crippen LogP contribution in [0.5, 0.6) is 0 Å². The van der Waals surface area contributed by atoms with Crippen LogP contribution in [0.1, 0.15) is 5.89 Å². The van der Waals surface area contributed by atoms with E-state index in [-0.39, 0.29) is 0 Å². The van der Waals surface area contributed by atoms with Crippen molar-refractivity contribution in [3.05, 3.63) is 90.2 Å². The summed E-state index contributed by atoms with van der Waals surface area (Å²) in [5, 5.41) is 21.2. The number of nitrogens with zero attached hydrogens (tertiary/aromatic N) is 4. The van der Waals surface area contributed by atoms with Gasteiger partial charge >= 0.3 is 0 Å². The van der Waals surface area contributed by atoms with Gasteiger partial charge in [0.25, 0.3) is 5.89 Å². The highest BCUT2D eigenvalue weighted by molar-refractivity contribution is 6.06. The van der Waals surface area contributed by atoms with Gasteiger partial charge < -0.3 is 9.62 Å². The van der Waals surface area contributed by atoms with E-state index < -0.39 is 0 Å². The summed E-state index contributed by atoms with van der Waals surface area (Å²) in [6.45, 7) is 1.74. The van der Waals surface area contributed by atoms with Crippen molar-refractivity contribution in [2.24, 2.45) is 0 Å². The van der Waals surface area contributed by atoms with Crippen molar-refractivity contribution in [1.82, 2.24) is 15.2 Å². The molecule has 6 heteroatoms. The summed E-state index contributed by atoms with van der Waals surface area (Å²) in [6.07, 6.45) is 2.99. The zero-order valence-electron chi connectivity index (χ0n) is 15.6. The number of benzene rings is 2. The molecular formula is C23H16N4O2. The van der Waals surface area contributed by atoms with Gasteiger partial charge in [0.15, 0.2) is 12.4 Å². The Hall–Kier alpha value is -4.06. The number of hydrogen-bond acceptors (Lipinski definition) is 5. The molecule has 0 aliphatic heterocycles. The number of rotatable bonds is 3. The smallest absolute Gasteiger partial charge is 0.266 e. The van der Waals surface area contributed by atoms with Crippen LogP contribution in [0.25, 0.3) is 44.7 Å². The van der Waals surface area contributed by atoms with Crippen molar-refractivity contribution >= 4 is 10.9 Å². The summed E-state index contributed by atoms with van der Waals surface area (Å²) in [5.74, 6) is 0.774. The average Bonchev–Trinajstić information content (AvgIpc) is 3.19. The molecule has 3 heterocycles. The zero-order valence-corrected chi connectivity index (χ0v) is 15.6. The van der Waals surface area contributed by atoms with Gasteiger partial charge in [0.1, 0.15) is 5.69 Å². The molecule has 0 unspecified atom stereocenters. The van der Waals surface area contributed by atoms with E-state index >= 15 is 0 Å². The van der Waals surface area contributed by atoms with E-state index in [2.05, 4.69) is 10.2 Å². The molecule has 0 amide bonds. The number of para-hydroxylation sites is 1. The molecule has 5 rings (SSSR count). The fraction of sp³-hybridized carbons (Fsp3) is 0.0435. The maximum Gasteiger partial charge on any atom is 0.266 e. The summed E-state index contributed by atoms with van der Waals surface area (Å²) in [6, 6.07) is 21.6. The Morgan fingerprint density at radius 1 is 0.828 bits per heavy atom. The molecule has 3 aromatic heterocycles. The van der Waals surface area contributed by atoms with Crippen LogP contribution >= 0.6 is 0 Å². The second-order valence-corrected chi connectivity index (χ2v) is 6.67. The molecule has 2 aromatic carbocycles. The Morgan fingerprint density at radius 3 is 2.34 bits per heavy atom. The van der Waals surface area contributed by atoms with Crippen LogP contribution in [0.3, 0.4) is 0 Å². The number of pyridine rings is 2. The first-order valence-corrected chi connectivity index (χ1v) is 9.18. The van der Waals surface area contributed by atoms with Gasteiger partial charge in [0.2, 0.25) is 5.89 Å². The summed E-state index contributed by atoms with van der Waals surface area (Å²) in [5.41, 5.74) is 4.85. The van der Waals surface area contributed by atoms with Gasteiger partial charge in [-0.3, -0.25) is 0 Å². The Labute approximate surface area is 166 Å². The molecule has 0 spiro atoms. The van der Waals surface area contributed by atoms with Gasteiger partial charge in [-0.2, -0.15) is 4.73 Å². The molecule has 0 N–H and O–H groups in total. The first-order valence-electron chi connectivity index (χ1n) is 9.18. The average molecular weight is 380 g/mol. The molecule has 0 fully saturated rings. The van der Waals surface area contributed by atoms with Crippen LogP contribution in [0.2, 0.25) is 0 Å². The highest BCUT2D eigenvalue weighted by Gasteiger charge is 2.23. The van der Waals surface area contributed by atoms with E-state index in [9.17, 15) is 5.21 Å². The normalized spacial score (nSPS) is 11.1. The molecule has 5 aromatic rings. The van der Waals surface area contributed by atoms with Crippen LogP contribution in [-0.2, 0) is 0 Å². The Bertz CT molecular complexity index is 1330. The monoisotopic (exact) mass is 380 g/mol. The third kappa shape index (κ3) is 3.00. The molecule has 0 aliphatic rings. The molecule has 0 aliphatic carbocycles. The van der Waals surface area contributed by atoms with Crippen LogP contribution in [-0.4, -0.2) is 15.2 Å². The molecule has 0 atom stereocenters. The largest absolute Gasteiger partial charge is 0.619 e. The minimum atomic E-state index is 0.321. The van der Waals surface area contributed by atoms with E-state index in [0.29, 0.717) is 17.5 Å². The molecular weight excluding hydrogens is 364 g/mol. The fourth-order valence-electron chi connectivity index (χ4n) is 3.55. The minimum absolute atomic E-state index is 0.321. The van der Waals surface area contributed by atoms with Gasteiger partial charge in [-0.15, -0.1) is 10.2 Å². The summed E-state index contributed by atoms with van der Waals surface area (Å²) >= 11 is 0. The molecule has 0 saturated carbocycles. The van der Waals surface area contributed by atoms with E-state index in [0.717, 1.165) is 37.9 Å². The van der Waals surface area contributed by atoms with Crippen molar-refractivity contribution in [2.45, 2.75) is 6.92 Å². The van der Waals surface area contributed by atoms with Gasteiger partial charge in [-0.1, -0.05) is 48.5 Å². The van der Waals surface area contributed by atoms with Crippen molar-refractivity contribution in [3.8, 4) is 33.8 Å². The number of aromatic nitrogens is 4. The lowest BCUT2D eigenvalue weighted by atomic mass is 9.90. The van der Waals surface area contributed by atoms with Gasteiger partial charge in [-0.05, 0) is 17.7 Å². The Balaban J connectivity index is 1.97. The number of hydrogen-bond donors (Lipinski definition) is 0. The van der Waals surface area contributed by atoms with Gasteiger partial charge in [0, 0.05) is 29.5 Å². The molecule has 0 saturated heterocycles. The van der Waals surface area contributed by atoms with E-state index in [1.807, 2.05) is 60.7 Å². The summed E-state index contributed by atoms with van der Waals surface area (Å²) < 4.78 is 6.51. The van der Waals surface area contributed by atoms with Gasteiger partial charge in [-0.25, -0.2) is 4.98 Å². The zero-order chi connectivity index (χ0) is 19.8. The van der Waals surface area contributed by atoms with E-state index in [1.54, 1.807) is 13.0 Å². The lowest BCUT2D eigenvalue weighted by molar-refractivity contribution is -0.604. The van der Waals surface area contributed by atoms with Crippen LogP contribution in [0.4, 0.5) is 0 Å². The fourth-order valence-corrected chi connectivity index (χ4v) is 3.55. The number of fused-ring (bicyclic) bond motifs is 1. The van der Waals surface area contributed by atoms with Crippen molar-refractivity contribution in [3.63, 3.8) is 0 Å². The van der Waals surface area contributed by atoms with Crippen molar-refractivity contribution in [2.75, 3.05) is 0 Å². The highest BCUT2D eigenvalue weighted by Crippen LogP contribution is 2.42. The molecule has 29 heavy (non-hydrogen) atoms. The highest BCUT2D eigenvalue weighted by atomic mass is 16.5. The topological polar surface area (TPSA) is 78.8 Å². The maximum atomic E-state index is 12.1. The second kappa shape index (κ2) is 6.83. The molecule has 140 valence electrons. The standard InChI is InChI=1S/C23H16N4O2/c1-15-25-26-23(29-15)22-21(17-10-7-13-27(28)14-17)20(16-8-3-2-4-9-16)18-11-5-6-12-19(18)24-22/h2-14H,1H3. The first kappa shape index (κ1) is 17.1. The second-order valence-electron chi connectivity index (χ2n) is 6.67. The third-order valence-corrected chi connectivity index (χ3v) is 4.75. The van der Waals surface area contributed by atoms with Gasteiger partial charge in [0.05, 0.1) is 11.1 Å². The Morgan fingerprint density at radius 2 is 1.59 bits per heavy atom. The van der Waals surface area contributed by atoms with Crippen LogP contribution in [0.15, 0.2) is 83.5 Å². The van der Waals surface area contributed by atoms with E-state index in [1.165, 1.54) is 12.4 Å². The predicted molar refractivity (Wildman–Crippen MR) is 110 cm³/mol. The van der Waals surface area contributed by atoms with Crippen molar-refractivity contribution in [1.29, 1.82) is 0 Å². The third-order valence-electron chi connectivity index (χ3n) is 4.75. The minimum Gasteiger partial charge on any atom is -0.619 e. The predicted octanol–water partition coefficient (Wildman–Crippen LogP) is 4.56. The quantitative estimate of drug-likeness (QED) is 0.339. The molecule has 0 bridgehead atoms. The van der Waals surface area contributed by atoms with E-state index in [4.69, 9.17) is 9.40 Å².